The molecule has 0 fully saturated rings. The number of hydrogen-bond donors (Lipinski definition) is 0. The molecule has 2 aromatic heterocycles. The number of aromatic nitrogens is 4. The molecule has 2 heterocycles. The van der Waals surface area contributed by atoms with E-state index in [1.165, 1.54) is 5.56 Å². The summed E-state index contributed by atoms with van der Waals surface area (Å²) in [5.74, 6) is 2.59. The first-order valence-electron chi connectivity index (χ1n) is 8.36. The maximum atomic E-state index is 6.26. The van der Waals surface area contributed by atoms with Gasteiger partial charge in [-0.3, -0.25) is 0 Å². The molecule has 0 N–H and O–H groups in total. The van der Waals surface area contributed by atoms with Crippen molar-refractivity contribution in [2.24, 2.45) is 0 Å². The minimum atomic E-state index is 0.515. The van der Waals surface area contributed by atoms with E-state index in [0.717, 1.165) is 36.0 Å². The molecular weight excluding hydrogens is 334 g/mol. The number of nitrogens with zero attached hydrogens (tertiary/aromatic N) is 5. The van der Waals surface area contributed by atoms with Gasteiger partial charge in [0, 0.05) is 38.0 Å². The Kier molecular flexibility index (Phi) is 5.34. The van der Waals surface area contributed by atoms with E-state index in [2.05, 4.69) is 48.7 Å². The molecule has 0 amide bonds. The second-order valence-electron chi connectivity index (χ2n) is 6.05. The Balaban J connectivity index is 1.82. The number of imidazole rings is 1. The topological polar surface area (TPSA) is 46.8 Å². The molecule has 3 aromatic rings. The van der Waals surface area contributed by atoms with E-state index in [-0.39, 0.29) is 0 Å². The lowest BCUT2D eigenvalue weighted by Gasteiger charge is -2.21. The normalized spacial score (nSPS) is 10.9. The van der Waals surface area contributed by atoms with Crippen LogP contribution in [0.5, 0.6) is 0 Å². The Hall–Kier alpha value is -2.40. The van der Waals surface area contributed by atoms with E-state index in [0.29, 0.717) is 11.7 Å². The van der Waals surface area contributed by atoms with Crippen LogP contribution in [0.25, 0.3) is 0 Å². The van der Waals surface area contributed by atoms with Gasteiger partial charge < -0.3 is 9.47 Å². The highest BCUT2D eigenvalue weighted by Gasteiger charge is 2.15. The van der Waals surface area contributed by atoms with Crippen molar-refractivity contribution in [1.29, 1.82) is 0 Å². The Labute approximate surface area is 153 Å². The highest BCUT2D eigenvalue weighted by atomic mass is 35.5. The average molecular weight is 356 g/mol. The largest absolute Gasteiger partial charge is 0.352 e. The van der Waals surface area contributed by atoms with E-state index >= 15 is 0 Å². The fraction of sp³-hybridized carbons (Fsp3) is 0.316. The van der Waals surface area contributed by atoms with Gasteiger partial charge in [-0.15, -0.1) is 0 Å². The Morgan fingerprint density at radius 2 is 1.92 bits per heavy atom. The summed E-state index contributed by atoms with van der Waals surface area (Å²) in [6.07, 6.45) is 4.60. The molecule has 0 radical (unpaired) electrons. The van der Waals surface area contributed by atoms with Gasteiger partial charge in [0.15, 0.2) is 0 Å². The first kappa shape index (κ1) is 17.4. The molecule has 0 saturated heterocycles. The number of aryl methyl sites for hydroxylation is 1. The van der Waals surface area contributed by atoms with Crippen LogP contribution < -0.4 is 4.90 Å². The van der Waals surface area contributed by atoms with E-state index in [1.54, 1.807) is 0 Å². The molecule has 0 aliphatic rings. The van der Waals surface area contributed by atoms with Crippen molar-refractivity contribution in [1.82, 2.24) is 19.5 Å². The first-order chi connectivity index (χ1) is 12.1. The number of anilines is 1. The molecule has 0 saturated carbocycles. The van der Waals surface area contributed by atoms with Gasteiger partial charge in [-0.1, -0.05) is 48.9 Å². The second-order valence-corrected chi connectivity index (χ2v) is 6.40. The second kappa shape index (κ2) is 7.66. The standard InChI is InChI=1S/C19H22ClN5/c1-4-16-22-18(20)14(2)19(23-16)24(3)13-17-21-10-11-25(17)12-15-8-6-5-7-9-15/h5-11H,4,12-13H2,1-3H3. The molecule has 0 aliphatic carbocycles. The predicted octanol–water partition coefficient (Wildman–Crippen LogP) is 3.88. The van der Waals surface area contributed by atoms with Gasteiger partial charge in [0.25, 0.3) is 0 Å². The highest BCUT2D eigenvalue weighted by Crippen LogP contribution is 2.24. The lowest BCUT2D eigenvalue weighted by molar-refractivity contribution is 0.701. The van der Waals surface area contributed by atoms with Crippen molar-refractivity contribution in [2.75, 3.05) is 11.9 Å². The summed E-state index contributed by atoms with van der Waals surface area (Å²) in [5, 5.41) is 0.515. The molecule has 130 valence electrons. The van der Waals surface area contributed by atoms with Crippen molar-refractivity contribution in [2.45, 2.75) is 33.4 Å². The monoisotopic (exact) mass is 355 g/mol. The third-order valence-electron chi connectivity index (χ3n) is 4.16. The van der Waals surface area contributed by atoms with Crippen LogP contribution in [0.4, 0.5) is 5.82 Å². The summed E-state index contributed by atoms with van der Waals surface area (Å²) >= 11 is 6.26. The lowest BCUT2D eigenvalue weighted by Crippen LogP contribution is -2.22. The molecule has 0 aliphatic heterocycles. The molecule has 25 heavy (non-hydrogen) atoms. The number of halogens is 1. The summed E-state index contributed by atoms with van der Waals surface area (Å²) in [6.45, 7) is 5.42. The third kappa shape index (κ3) is 3.99. The van der Waals surface area contributed by atoms with Gasteiger partial charge in [-0.25, -0.2) is 15.0 Å². The van der Waals surface area contributed by atoms with Crippen LogP contribution in [0.15, 0.2) is 42.7 Å². The summed E-state index contributed by atoms with van der Waals surface area (Å²) in [4.78, 5) is 15.5. The Bertz CT molecular complexity index is 844. The van der Waals surface area contributed by atoms with Crippen LogP contribution >= 0.6 is 11.6 Å². The zero-order chi connectivity index (χ0) is 17.8. The molecule has 0 unspecified atom stereocenters. The van der Waals surface area contributed by atoms with Crippen LogP contribution in [0.1, 0.15) is 29.7 Å². The number of rotatable bonds is 6. The van der Waals surface area contributed by atoms with Crippen molar-refractivity contribution >= 4 is 17.4 Å². The zero-order valence-corrected chi connectivity index (χ0v) is 15.5. The van der Waals surface area contributed by atoms with E-state index in [1.807, 2.05) is 39.4 Å². The third-order valence-corrected chi connectivity index (χ3v) is 4.53. The molecule has 1 aromatic carbocycles. The maximum absolute atomic E-state index is 6.26. The van der Waals surface area contributed by atoms with Crippen molar-refractivity contribution < 1.29 is 0 Å². The van der Waals surface area contributed by atoms with Gasteiger partial charge in [0.1, 0.15) is 22.6 Å². The fourth-order valence-corrected chi connectivity index (χ4v) is 2.94. The Morgan fingerprint density at radius 1 is 1.16 bits per heavy atom. The van der Waals surface area contributed by atoms with Crippen molar-refractivity contribution in [3.05, 3.63) is 70.7 Å². The van der Waals surface area contributed by atoms with Gasteiger partial charge in [0.05, 0.1) is 6.54 Å². The molecule has 0 atom stereocenters. The van der Waals surface area contributed by atoms with E-state index in [4.69, 9.17) is 11.6 Å². The van der Waals surface area contributed by atoms with Gasteiger partial charge in [0.2, 0.25) is 0 Å². The number of hydrogen-bond acceptors (Lipinski definition) is 4. The van der Waals surface area contributed by atoms with Crippen LogP contribution in [0, 0.1) is 6.92 Å². The molecular formula is C19H22ClN5. The smallest absolute Gasteiger partial charge is 0.137 e. The van der Waals surface area contributed by atoms with Crippen LogP contribution in [0.2, 0.25) is 5.15 Å². The highest BCUT2D eigenvalue weighted by molar-refractivity contribution is 6.30. The van der Waals surface area contributed by atoms with Crippen LogP contribution in [-0.4, -0.2) is 26.6 Å². The molecule has 6 heteroatoms. The summed E-state index contributed by atoms with van der Waals surface area (Å²) in [5.41, 5.74) is 2.14. The SMILES string of the molecule is CCc1nc(Cl)c(C)c(N(C)Cc2nccn2Cc2ccccc2)n1. The minimum Gasteiger partial charge on any atom is -0.352 e. The van der Waals surface area contributed by atoms with E-state index < -0.39 is 0 Å². The van der Waals surface area contributed by atoms with Gasteiger partial charge in [-0.2, -0.15) is 0 Å². The van der Waals surface area contributed by atoms with Crippen LogP contribution in [0.3, 0.4) is 0 Å². The average Bonchev–Trinajstić information content (AvgIpc) is 3.04. The molecule has 3 rings (SSSR count). The summed E-state index contributed by atoms with van der Waals surface area (Å²) in [7, 11) is 2.01. The lowest BCUT2D eigenvalue weighted by atomic mass is 10.2. The summed E-state index contributed by atoms with van der Waals surface area (Å²) < 4.78 is 2.16. The fourth-order valence-electron chi connectivity index (χ4n) is 2.75. The Morgan fingerprint density at radius 3 is 2.64 bits per heavy atom. The minimum absolute atomic E-state index is 0.515. The first-order valence-corrected chi connectivity index (χ1v) is 8.74. The zero-order valence-electron chi connectivity index (χ0n) is 14.8. The molecule has 5 nitrogen and oxygen atoms in total. The molecule has 0 spiro atoms. The van der Waals surface area contributed by atoms with Crippen molar-refractivity contribution in [3.8, 4) is 0 Å². The summed E-state index contributed by atoms with van der Waals surface area (Å²) in [6, 6.07) is 10.4. The van der Waals surface area contributed by atoms with Crippen LogP contribution in [-0.2, 0) is 19.5 Å². The maximum Gasteiger partial charge on any atom is 0.137 e. The van der Waals surface area contributed by atoms with Gasteiger partial charge in [-0.05, 0) is 12.5 Å². The van der Waals surface area contributed by atoms with Crippen molar-refractivity contribution in [3.63, 3.8) is 0 Å². The van der Waals surface area contributed by atoms with Gasteiger partial charge >= 0.3 is 0 Å². The molecule has 0 bridgehead atoms. The number of benzene rings is 1. The van der Waals surface area contributed by atoms with E-state index in [9.17, 15) is 0 Å². The predicted molar refractivity (Wildman–Crippen MR) is 101 cm³/mol. The quantitative estimate of drug-likeness (QED) is 0.629.